The first-order chi connectivity index (χ1) is 7.63. The van der Waals surface area contributed by atoms with Gasteiger partial charge >= 0.3 is 0 Å². The molecule has 1 aromatic heterocycles. The van der Waals surface area contributed by atoms with E-state index in [1.807, 2.05) is 11.7 Å². The molecule has 0 saturated heterocycles. The number of nitrogens with zero attached hydrogens (tertiary/aromatic N) is 2. The van der Waals surface area contributed by atoms with Crippen molar-refractivity contribution in [3.8, 4) is 0 Å². The van der Waals surface area contributed by atoms with Crippen LogP contribution in [0.2, 0.25) is 0 Å². The summed E-state index contributed by atoms with van der Waals surface area (Å²) in [5, 5.41) is 7.80. The van der Waals surface area contributed by atoms with E-state index in [0.29, 0.717) is 5.92 Å². The third-order valence-electron chi connectivity index (χ3n) is 3.21. The number of nitrogens with one attached hydrogen (secondary N) is 1. The van der Waals surface area contributed by atoms with Crippen LogP contribution in [0.5, 0.6) is 0 Å². The molecule has 4 nitrogen and oxygen atoms in total. The lowest BCUT2D eigenvalue weighted by molar-refractivity contribution is 0.517. The molecule has 16 heavy (non-hydrogen) atoms. The average molecular weight is 224 g/mol. The van der Waals surface area contributed by atoms with Gasteiger partial charge in [-0.25, -0.2) is 0 Å². The summed E-state index contributed by atoms with van der Waals surface area (Å²) in [5.74, 6) is 1.67. The van der Waals surface area contributed by atoms with Crippen molar-refractivity contribution in [2.45, 2.75) is 40.0 Å². The Kier molecular flexibility index (Phi) is 4.65. The molecule has 0 aliphatic carbocycles. The van der Waals surface area contributed by atoms with E-state index in [2.05, 4.69) is 31.2 Å². The monoisotopic (exact) mass is 224 g/mol. The van der Waals surface area contributed by atoms with Gasteiger partial charge in [0.15, 0.2) is 0 Å². The molecule has 0 unspecified atom stereocenters. The van der Waals surface area contributed by atoms with Crippen LogP contribution in [0.25, 0.3) is 0 Å². The van der Waals surface area contributed by atoms with Crippen LogP contribution in [-0.2, 0) is 13.5 Å². The summed E-state index contributed by atoms with van der Waals surface area (Å²) >= 11 is 0. The molecule has 0 amide bonds. The van der Waals surface area contributed by atoms with Crippen molar-refractivity contribution >= 4 is 11.5 Å². The molecule has 0 bridgehead atoms. The van der Waals surface area contributed by atoms with Crippen LogP contribution in [0, 0.1) is 5.92 Å². The van der Waals surface area contributed by atoms with E-state index in [4.69, 9.17) is 5.73 Å². The molecule has 0 radical (unpaired) electrons. The highest BCUT2D eigenvalue weighted by atomic mass is 15.3. The number of rotatable bonds is 6. The molecular formula is C12H24N4. The van der Waals surface area contributed by atoms with Crippen molar-refractivity contribution in [3.05, 3.63) is 5.69 Å². The lowest BCUT2D eigenvalue weighted by Crippen LogP contribution is -2.15. The summed E-state index contributed by atoms with van der Waals surface area (Å²) in [6.07, 6.45) is 3.27. The molecular weight excluding hydrogens is 200 g/mol. The smallest absolute Gasteiger partial charge is 0.147 e. The quantitative estimate of drug-likeness (QED) is 0.780. The Labute approximate surface area is 98.2 Å². The van der Waals surface area contributed by atoms with Gasteiger partial charge in [0.25, 0.3) is 0 Å². The summed E-state index contributed by atoms with van der Waals surface area (Å²) in [6, 6.07) is 0. The van der Waals surface area contributed by atoms with E-state index < -0.39 is 0 Å². The Morgan fingerprint density at radius 1 is 1.31 bits per heavy atom. The lowest BCUT2D eigenvalue weighted by atomic mass is 10.0. The number of hydrogen-bond donors (Lipinski definition) is 2. The molecule has 92 valence electrons. The summed E-state index contributed by atoms with van der Waals surface area (Å²) in [7, 11) is 1.94. The third kappa shape index (κ3) is 2.68. The van der Waals surface area contributed by atoms with Crippen molar-refractivity contribution in [1.29, 1.82) is 0 Å². The molecule has 1 heterocycles. The van der Waals surface area contributed by atoms with Crippen molar-refractivity contribution in [2.75, 3.05) is 17.6 Å². The first kappa shape index (κ1) is 12.9. The molecule has 0 atom stereocenters. The molecule has 0 aliphatic heterocycles. The van der Waals surface area contributed by atoms with Crippen LogP contribution in [0.3, 0.4) is 0 Å². The van der Waals surface area contributed by atoms with Gasteiger partial charge in [-0.3, -0.25) is 4.68 Å². The maximum Gasteiger partial charge on any atom is 0.147 e. The van der Waals surface area contributed by atoms with Gasteiger partial charge in [0.05, 0.1) is 11.4 Å². The Morgan fingerprint density at radius 2 is 1.94 bits per heavy atom. The fourth-order valence-electron chi connectivity index (χ4n) is 1.89. The highest BCUT2D eigenvalue weighted by molar-refractivity contribution is 5.64. The normalized spacial score (nSPS) is 11.1. The molecule has 3 N–H and O–H groups in total. The van der Waals surface area contributed by atoms with Crippen molar-refractivity contribution < 1.29 is 0 Å². The largest absolute Gasteiger partial charge is 0.394 e. The predicted molar refractivity (Wildman–Crippen MR) is 69.6 cm³/mol. The van der Waals surface area contributed by atoms with E-state index in [-0.39, 0.29) is 0 Å². The lowest BCUT2D eigenvalue weighted by Gasteiger charge is -2.14. The second-order valence-electron chi connectivity index (χ2n) is 4.25. The van der Waals surface area contributed by atoms with Gasteiger partial charge in [0, 0.05) is 13.6 Å². The van der Waals surface area contributed by atoms with E-state index in [1.54, 1.807) is 0 Å². The van der Waals surface area contributed by atoms with Gasteiger partial charge < -0.3 is 11.1 Å². The Morgan fingerprint density at radius 3 is 2.38 bits per heavy atom. The Hall–Kier alpha value is -1.19. The standard InChI is InChI=1S/C12H24N4/c1-5-9(6-2)8-14-12-11(13)10(7-3)15-16(12)4/h9,14H,5-8,13H2,1-4H3. The van der Waals surface area contributed by atoms with Gasteiger partial charge in [-0.15, -0.1) is 0 Å². The Bertz CT molecular complexity index is 326. The second-order valence-corrected chi connectivity index (χ2v) is 4.25. The van der Waals surface area contributed by atoms with Crippen LogP contribution in [0.1, 0.15) is 39.3 Å². The average Bonchev–Trinajstić information content (AvgIpc) is 2.56. The molecule has 0 saturated carbocycles. The second kappa shape index (κ2) is 5.77. The SMILES string of the molecule is CCc1nn(C)c(NCC(CC)CC)c1N. The van der Waals surface area contributed by atoms with Gasteiger partial charge in [0.2, 0.25) is 0 Å². The van der Waals surface area contributed by atoms with Crippen molar-refractivity contribution in [2.24, 2.45) is 13.0 Å². The highest BCUT2D eigenvalue weighted by Crippen LogP contribution is 2.22. The topological polar surface area (TPSA) is 55.9 Å². The van der Waals surface area contributed by atoms with Crippen LogP contribution in [0.15, 0.2) is 0 Å². The molecule has 4 heteroatoms. The van der Waals surface area contributed by atoms with Gasteiger partial charge in [0.1, 0.15) is 5.82 Å². The predicted octanol–water partition coefficient (Wildman–Crippen LogP) is 2.41. The fourth-order valence-corrected chi connectivity index (χ4v) is 1.89. The molecule has 0 aromatic carbocycles. The zero-order valence-electron chi connectivity index (χ0n) is 10.9. The zero-order valence-corrected chi connectivity index (χ0v) is 10.9. The number of nitrogen functional groups attached to an aromatic ring is 1. The Balaban J connectivity index is 2.69. The van der Waals surface area contributed by atoms with E-state index in [0.717, 1.165) is 30.2 Å². The maximum absolute atomic E-state index is 6.04. The molecule has 0 fully saturated rings. The molecule has 0 spiro atoms. The summed E-state index contributed by atoms with van der Waals surface area (Å²) in [5.41, 5.74) is 7.82. The first-order valence-electron chi connectivity index (χ1n) is 6.19. The van der Waals surface area contributed by atoms with E-state index in [1.165, 1.54) is 12.8 Å². The highest BCUT2D eigenvalue weighted by Gasteiger charge is 2.12. The molecule has 0 aliphatic rings. The number of anilines is 2. The summed E-state index contributed by atoms with van der Waals surface area (Å²) in [4.78, 5) is 0. The molecule has 1 rings (SSSR count). The van der Waals surface area contributed by atoms with Crippen LogP contribution in [0.4, 0.5) is 11.5 Å². The number of aromatic nitrogens is 2. The van der Waals surface area contributed by atoms with E-state index in [9.17, 15) is 0 Å². The van der Waals surface area contributed by atoms with Gasteiger partial charge in [-0.2, -0.15) is 5.10 Å². The fraction of sp³-hybridized carbons (Fsp3) is 0.750. The number of aryl methyl sites for hydroxylation is 2. The van der Waals surface area contributed by atoms with Crippen molar-refractivity contribution in [3.63, 3.8) is 0 Å². The van der Waals surface area contributed by atoms with Crippen LogP contribution >= 0.6 is 0 Å². The van der Waals surface area contributed by atoms with Crippen LogP contribution in [-0.4, -0.2) is 16.3 Å². The van der Waals surface area contributed by atoms with E-state index >= 15 is 0 Å². The van der Waals surface area contributed by atoms with Crippen molar-refractivity contribution in [1.82, 2.24) is 9.78 Å². The minimum absolute atomic E-state index is 0.708. The van der Waals surface area contributed by atoms with Gasteiger partial charge in [-0.05, 0) is 12.3 Å². The summed E-state index contributed by atoms with van der Waals surface area (Å²) in [6.45, 7) is 7.49. The number of hydrogen-bond acceptors (Lipinski definition) is 3. The molecule has 1 aromatic rings. The zero-order chi connectivity index (χ0) is 12.1. The minimum atomic E-state index is 0.708. The van der Waals surface area contributed by atoms with Gasteiger partial charge in [-0.1, -0.05) is 33.6 Å². The van der Waals surface area contributed by atoms with Crippen LogP contribution < -0.4 is 11.1 Å². The first-order valence-corrected chi connectivity index (χ1v) is 6.19. The number of nitrogens with two attached hydrogens (primary N) is 1. The minimum Gasteiger partial charge on any atom is -0.394 e. The maximum atomic E-state index is 6.04. The summed E-state index contributed by atoms with van der Waals surface area (Å²) < 4.78 is 1.84. The third-order valence-corrected chi connectivity index (χ3v) is 3.21.